The zero-order valence-corrected chi connectivity index (χ0v) is 19.2. The Hall–Kier alpha value is -2.64. The lowest BCUT2D eigenvalue weighted by Gasteiger charge is -2.28. The lowest BCUT2D eigenvalue weighted by molar-refractivity contribution is -0.126. The van der Waals surface area contributed by atoms with E-state index in [1.165, 1.54) is 10.9 Å². The third-order valence-corrected chi connectivity index (χ3v) is 7.86. The number of aromatic amines is 1. The van der Waals surface area contributed by atoms with Crippen LogP contribution in [-0.4, -0.2) is 31.9 Å². The van der Waals surface area contributed by atoms with Crippen molar-refractivity contribution >= 4 is 26.8 Å². The van der Waals surface area contributed by atoms with Crippen LogP contribution in [0.25, 0.3) is 10.9 Å². The number of rotatable bonds is 8. The molecule has 1 aliphatic rings. The molecule has 1 amide bonds. The smallest absolute Gasteiger partial charge is 0.240 e. The molecule has 0 unspecified atom stereocenters. The van der Waals surface area contributed by atoms with Crippen LogP contribution in [0.15, 0.2) is 65.7 Å². The number of nitrogens with one attached hydrogen (secondary N) is 3. The van der Waals surface area contributed by atoms with Crippen LogP contribution in [0, 0.1) is 11.8 Å². The highest BCUT2D eigenvalue weighted by molar-refractivity contribution is 7.89. The number of benzene rings is 2. The number of carbonyl (C=O) groups excluding carboxylic acids is 1. The molecule has 7 heteroatoms. The maximum atomic E-state index is 12.8. The van der Waals surface area contributed by atoms with Crippen LogP contribution < -0.4 is 10.0 Å². The van der Waals surface area contributed by atoms with Gasteiger partial charge in [0, 0.05) is 35.6 Å². The first-order valence-electron chi connectivity index (χ1n) is 11.3. The van der Waals surface area contributed by atoms with E-state index < -0.39 is 10.0 Å². The Morgan fingerprint density at radius 2 is 1.72 bits per heavy atom. The summed E-state index contributed by atoms with van der Waals surface area (Å²) in [6.07, 6.45) is 6.10. The minimum atomic E-state index is -3.48. The molecular formula is C25H31N3O3S. The van der Waals surface area contributed by atoms with Crippen LogP contribution in [0.1, 0.15) is 38.2 Å². The fraction of sp³-hybridized carbons (Fsp3) is 0.400. The van der Waals surface area contributed by atoms with Gasteiger partial charge in [0.25, 0.3) is 0 Å². The summed E-state index contributed by atoms with van der Waals surface area (Å²) in [5.74, 6) is 0.379. The molecule has 1 saturated carbocycles. The van der Waals surface area contributed by atoms with Gasteiger partial charge in [0.05, 0.1) is 4.90 Å². The molecule has 1 aliphatic carbocycles. The number of carbonyl (C=O) groups is 1. The van der Waals surface area contributed by atoms with Crippen LogP contribution in [0.3, 0.4) is 0 Å². The summed E-state index contributed by atoms with van der Waals surface area (Å²) < 4.78 is 27.5. The fourth-order valence-electron chi connectivity index (χ4n) is 4.58. The van der Waals surface area contributed by atoms with Crippen LogP contribution in [0.5, 0.6) is 0 Å². The fourth-order valence-corrected chi connectivity index (χ4v) is 5.72. The highest BCUT2D eigenvalue weighted by atomic mass is 32.2. The van der Waals surface area contributed by atoms with E-state index in [0.29, 0.717) is 6.54 Å². The maximum Gasteiger partial charge on any atom is 0.240 e. The Bertz CT molecular complexity index is 1150. The molecule has 1 fully saturated rings. The van der Waals surface area contributed by atoms with Gasteiger partial charge in [-0.3, -0.25) is 4.79 Å². The average molecular weight is 454 g/mol. The quantitative estimate of drug-likeness (QED) is 0.481. The first-order valence-corrected chi connectivity index (χ1v) is 12.8. The molecule has 2 aromatic carbocycles. The number of H-pyrrole nitrogens is 1. The second-order valence-electron chi connectivity index (χ2n) is 8.86. The molecule has 1 aromatic heterocycles. The Morgan fingerprint density at radius 3 is 2.47 bits per heavy atom. The molecule has 170 valence electrons. The predicted molar refractivity (Wildman–Crippen MR) is 127 cm³/mol. The van der Waals surface area contributed by atoms with E-state index in [4.69, 9.17) is 0 Å². The molecule has 3 aromatic rings. The molecule has 0 spiro atoms. The number of amides is 1. The summed E-state index contributed by atoms with van der Waals surface area (Å²) in [6, 6.07) is 16.7. The molecule has 32 heavy (non-hydrogen) atoms. The minimum Gasteiger partial charge on any atom is -0.361 e. The first-order chi connectivity index (χ1) is 15.4. The van der Waals surface area contributed by atoms with E-state index in [1.807, 2.05) is 25.3 Å². The second-order valence-corrected chi connectivity index (χ2v) is 10.6. The molecule has 1 heterocycles. The maximum absolute atomic E-state index is 12.8. The standard InChI is InChI=1S/C25H31N3O3S/c1-18(15-21-17-26-24-10-6-5-9-23(21)24)28-25(29)20-13-11-19(12-14-20)16-27-32(30,31)22-7-3-2-4-8-22/h2-10,17-20,26-27H,11-16H2,1H3,(H,28,29)/t18-,19?,20?/m0/s1. The molecular weight excluding hydrogens is 422 g/mol. The summed E-state index contributed by atoms with van der Waals surface area (Å²) in [5.41, 5.74) is 2.32. The molecule has 0 radical (unpaired) electrons. The van der Waals surface area contributed by atoms with Crippen molar-refractivity contribution < 1.29 is 13.2 Å². The van der Waals surface area contributed by atoms with E-state index >= 15 is 0 Å². The number of fused-ring (bicyclic) bond motifs is 1. The number of sulfonamides is 1. The topological polar surface area (TPSA) is 91.1 Å². The Labute approximate surface area is 189 Å². The zero-order chi connectivity index (χ0) is 22.6. The average Bonchev–Trinajstić information content (AvgIpc) is 3.21. The third-order valence-electron chi connectivity index (χ3n) is 6.42. The van der Waals surface area contributed by atoms with Gasteiger partial charge in [-0.1, -0.05) is 36.4 Å². The summed E-state index contributed by atoms with van der Waals surface area (Å²) in [5, 5.41) is 4.38. The Morgan fingerprint density at radius 1 is 1.03 bits per heavy atom. The largest absolute Gasteiger partial charge is 0.361 e. The number of hydrogen-bond acceptors (Lipinski definition) is 3. The van der Waals surface area contributed by atoms with Gasteiger partial charge in [-0.25, -0.2) is 13.1 Å². The summed E-state index contributed by atoms with van der Waals surface area (Å²) in [4.78, 5) is 16.4. The van der Waals surface area contributed by atoms with Crippen molar-refractivity contribution in [3.8, 4) is 0 Å². The van der Waals surface area contributed by atoms with Crippen LogP contribution in [0.4, 0.5) is 0 Å². The number of aromatic nitrogens is 1. The van der Waals surface area contributed by atoms with E-state index in [0.717, 1.165) is 37.6 Å². The molecule has 3 N–H and O–H groups in total. The predicted octanol–water partition coefficient (Wildman–Crippen LogP) is 4.00. The summed E-state index contributed by atoms with van der Waals surface area (Å²) in [7, 11) is -3.48. The number of para-hydroxylation sites is 1. The van der Waals surface area contributed by atoms with Crippen LogP contribution in [-0.2, 0) is 21.2 Å². The van der Waals surface area contributed by atoms with Gasteiger partial charge < -0.3 is 10.3 Å². The SMILES string of the molecule is C[C@@H](Cc1c[nH]c2ccccc12)NC(=O)C1CCC(CNS(=O)(=O)c2ccccc2)CC1. The van der Waals surface area contributed by atoms with Gasteiger partial charge >= 0.3 is 0 Å². The van der Waals surface area contributed by atoms with E-state index in [9.17, 15) is 13.2 Å². The van der Waals surface area contributed by atoms with Crippen molar-refractivity contribution in [2.24, 2.45) is 11.8 Å². The van der Waals surface area contributed by atoms with Crippen molar-refractivity contribution in [3.05, 3.63) is 66.4 Å². The lowest BCUT2D eigenvalue weighted by atomic mass is 9.81. The summed E-state index contributed by atoms with van der Waals surface area (Å²) in [6.45, 7) is 2.46. The van der Waals surface area contributed by atoms with Crippen molar-refractivity contribution in [2.75, 3.05) is 6.54 Å². The van der Waals surface area contributed by atoms with Crippen molar-refractivity contribution in [1.82, 2.24) is 15.0 Å². The van der Waals surface area contributed by atoms with Gasteiger partial charge in [-0.2, -0.15) is 0 Å². The van der Waals surface area contributed by atoms with E-state index in [1.54, 1.807) is 30.3 Å². The van der Waals surface area contributed by atoms with Gasteiger partial charge in [0.1, 0.15) is 0 Å². The monoisotopic (exact) mass is 453 g/mol. The summed E-state index contributed by atoms with van der Waals surface area (Å²) >= 11 is 0. The Balaban J connectivity index is 1.23. The minimum absolute atomic E-state index is 0.00222. The molecule has 0 aliphatic heterocycles. The molecule has 0 saturated heterocycles. The Kier molecular flexibility index (Phi) is 6.96. The highest BCUT2D eigenvalue weighted by Gasteiger charge is 2.28. The van der Waals surface area contributed by atoms with Gasteiger partial charge in [0.2, 0.25) is 15.9 Å². The van der Waals surface area contributed by atoms with Crippen molar-refractivity contribution in [1.29, 1.82) is 0 Å². The van der Waals surface area contributed by atoms with Crippen molar-refractivity contribution in [3.63, 3.8) is 0 Å². The third kappa shape index (κ3) is 5.40. The van der Waals surface area contributed by atoms with Crippen molar-refractivity contribution in [2.45, 2.75) is 50.0 Å². The lowest BCUT2D eigenvalue weighted by Crippen LogP contribution is -2.40. The number of hydrogen-bond donors (Lipinski definition) is 3. The highest BCUT2D eigenvalue weighted by Crippen LogP contribution is 2.29. The molecule has 4 rings (SSSR count). The molecule has 1 atom stereocenters. The molecule has 6 nitrogen and oxygen atoms in total. The second kappa shape index (κ2) is 9.88. The molecule has 0 bridgehead atoms. The van der Waals surface area contributed by atoms with Gasteiger partial charge in [-0.05, 0) is 68.7 Å². The van der Waals surface area contributed by atoms with Crippen LogP contribution >= 0.6 is 0 Å². The van der Waals surface area contributed by atoms with Gasteiger partial charge in [-0.15, -0.1) is 0 Å². The van der Waals surface area contributed by atoms with E-state index in [-0.39, 0.29) is 28.7 Å². The normalized spacial score (nSPS) is 20.2. The first kappa shape index (κ1) is 22.6. The zero-order valence-electron chi connectivity index (χ0n) is 18.4. The van der Waals surface area contributed by atoms with Crippen LogP contribution in [0.2, 0.25) is 0 Å². The van der Waals surface area contributed by atoms with Gasteiger partial charge in [0.15, 0.2) is 0 Å². The van der Waals surface area contributed by atoms with E-state index in [2.05, 4.69) is 27.2 Å².